The van der Waals surface area contributed by atoms with Crippen LogP contribution in [0, 0.1) is 0 Å². The first-order valence-corrected chi connectivity index (χ1v) is 8.45. The maximum absolute atomic E-state index is 13.0. The highest BCUT2D eigenvalue weighted by Gasteiger charge is 2.39. The fourth-order valence-electron chi connectivity index (χ4n) is 2.41. The number of aromatic nitrogens is 2. The standard InChI is InChI=1S/C14H13F3N4O2S/c15-14(16,17)11-3-1-2-4-12(11)24(22,23)20-10-8-21(9-10)13-7-18-5-6-19-13/h1-7,10,20H,8-9H2. The van der Waals surface area contributed by atoms with Gasteiger partial charge >= 0.3 is 6.18 Å². The Morgan fingerprint density at radius 1 is 1.17 bits per heavy atom. The summed E-state index contributed by atoms with van der Waals surface area (Å²) in [6.07, 6.45) is -0.190. The minimum absolute atomic E-state index is 0.312. The molecule has 1 fully saturated rings. The lowest BCUT2D eigenvalue weighted by atomic mass is 10.1. The zero-order valence-corrected chi connectivity index (χ0v) is 13.0. The molecule has 0 saturated carbocycles. The molecule has 0 unspecified atom stereocenters. The molecular weight excluding hydrogens is 345 g/mol. The molecule has 24 heavy (non-hydrogen) atoms. The van der Waals surface area contributed by atoms with Crippen molar-refractivity contribution < 1.29 is 21.6 Å². The van der Waals surface area contributed by atoms with Crippen molar-refractivity contribution in [2.24, 2.45) is 0 Å². The molecule has 1 aromatic heterocycles. The first-order valence-electron chi connectivity index (χ1n) is 6.97. The van der Waals surface area contributed by atoms with Gasteiger partial charge in [0.1, 0.15) is 5.82 Å². The number of nitrogens with zero attached hydrogens (tertiary/aromatic N) is 3. The molecule has 1 aromatic carbocycles. The number of rotatable bonds is 4. The Morgan fingerprint density at radius 2 is 1.88 bits per heavy atom. The van der Waals surface area contributed by atoms with Crippen LogP contribution < -0.4 is 9.62 Å². The zero-order chi connectivity index (χ0) is 17.4. The van der Waals surface area contributed by atoms with Gasteiger partial charge in [-0.25, -0.2) is 18.1 Å². The lowest BCUT2D eigenvalue weighted by molar-refractivity contribution is -0.139. The van der Waals surface area contributed by atoms with E-state index in [4.69, 9.17) is 0 Å². The van der Waals surface area contributed by atoms with Crippen LogP contribution in [0.5, 0.6) is 0 Å². The molecule has 0 atom stereocenters. The van der Waals surface area contributed by atoms with Crippen LogP contribution in [0.25, 0.3) is 0 Å². The lowest BCUT2D eigenvalue weighted by Crippen LogP contribution is -2.59. The molecular formula is C14H13F3N4O2S. The fraction of sp³-hybridized carbons (Fsp3) is 0.286. The minimum Gasteiger partial charge on any atom is -0.352 e. The van der Waals surface area contributed by atoms with Crippen molar-refractivity contribution in [3.63, 3.8) is 0 Å². The van der Waals surface area contributed by atoms with E-state index in [2.05, 4.69) is 14.7 Å². The molecule has 2 heterocycles. The quantitative estimate of drug-likeness (QED) is 0.900. The van der Waals surface area contributed by atoms with Gasteiger partial charge in [-0.2, -0.15) is 13.2 Å². The Kier molecular flexibility index (Phi) is 4.18. The number of nitrogens with one attached hydrogen (secondary N) is 1. The minimum atomic E-state index is -4.74. The third-order valence-corrected chi connectivity index (χ3v) is 5.14. The van der Waals surface area contributed by atoms with E-state index >= 15 is 0 Å². The molecule has 0 bridgehead atoms. The molecule has 1 aliphatic heterocycles. The number of sulfonamides is 1. The summed E-state index contributed by atoms with van der Waals surface area (Å²) in [6.45, 7) is 0.623. The SMILES string of the molecule is O=S(=O)(NC1CN(c2cnccn2)C1)c1ccccc1C(F)(F)F. The van der Waals surface area contributed by atoms with E-state index in [1.54, 1.807) is 4.90 Å². The maximum Gasteiger partial charge on any atom is 0.417 e. The summed E-state index contributed by atoms with van der Waals surface area (Å²) in [5.41, 5.74) is -1.18. The van der Waals surface area contributed by atoms with E-state index < -0.39 is 32.7 Å². The molecule has 6 nitrogen and oxygen atoms in total. The Bertz CT molecular complexity index is 821. The van der Waals surface area contributed by atoms with Crippen LogP contribution in [-0.4, -0.2) is 37.5 Å². The largest absolute Gasteiger partial charge is 0.417 e. The number of benzene rings is 1. The van der Waals surface area contributed by atoms with Crippen LogP contribution in [0.15, 0.2) is 47.8 Å². The van der Waals surface area contributed by atoms with Crippen molar-refractivity contribution in [3.8, 4) is 0 Å². The van der Waals surface area contributed by atoms with Crippen molar-refractivity contribution in [2.45, 2.75) is 17.1 Å². The second kappa shape index (κ2) is 6.02. The Labute approximate surface area is 136 Å². The summed E-state index contributed by atoms with van der Waals surface area (Å²) in [5, 5.41) is 0. The average molecular weight is 358 g/mol. The fourth-order valence-corrected chi connectivity index (χ4v) is 3.86. The van der Waals surface area contributed by atoms with Gasteiger partial charge in [-0.05, 0) is 12.1 Å². The monoisotopic (exact) mass is 358 g/mol. The van der Waals surface area contributed by atoms with Crippen molar-refractivity contribution in [1.82, 2.24) is 14.7 Å². The van der Waals surface area contributed by atoms with Crippen LogP contribution >= 0.6 is 0 Å². The molecule has 0 aliphatic carbocycles. The van der Waals surface area contributed by atoms with Crippen LogP contribution in [0.2, 0.25) is 0 Å². The van der Waals surface area contributed by atoms with Crippen LogP contribution in [0.3, 0.4) is 0 Å². The molecule has 1 saturated heterocycles. The molecule has 2 aromatic rings. The maximum atomic E-state index is 13.0. The third kappa shape index (κ3) is 3.34. The molecule has 10 heteroatoms. The zero-order valence-electron chi connectivity index (χ0n) is 12.2. The van der Waals surface area contributed by atoms with E-state index in [-0.39, 0.29) is 0 Å². The number of hydrogen-bond acceptors (Lipinski definition) is 5. The summed E-state index contributed by atoms with van der Waals surface area (Å²) in [4.78, 5) is 8.98. The van der Waals surface area contributed by atoms with E-state index in [1.807, 2.05) is 0 Å². The molecule has 3 rings (SSSR count). The van der Waals surface area contributed by atoms with Crippen LogP contribution in [0.4, 0.5) is 19.0 Å². The number of anilines is 1. The highest BCUT2D eigenvalue weighted by atomic mass is 32.2. The van der Waals surface area contributed by atoms with Crippen molar-refractivity contribution in [3.05, 3.63) is 48.4 Å². The van der Waals surface area contributed by atoms with Gasteiger partial charge in [0.2, 0.25) is 10.0 Å². The van der Waals surface area contributed by atoms with Gasteiger partial charge in [0.25, 0.3) is 0 Å². The molecule has 1 aliphatic rings. The summed E-state index contributed by atoms with van der Waals surface area (Å²) >= 11 is 0. The van der Waals surface area contributed by atoms with E-state index in [9.17, 15) is 21.6 Å². The molecule has 1 N–H and O–H groups in total. The first-order chi connectivity index (χ1) is 11.3. The smallest absolute Gasteiger partial charge is 0.352 e. The second-order valence-electron chi connectivity index (χ2n) is 5.28. The lowest BCUT2D eigenvalue weighted by Gasteiger charge is -2.39. The number of alkyl halides is 3. The van der Waals surface area contributed by atoms with Gasteiger partial charge < -0.3 is 4.90 Å². The average Bonchev–Trinajstić information content (AvgIpc) is 2.50. The third-order valence-electron chi connectivity index (χ3n) is 3.56. The Morgan fingerprint density at radius 3 is 2.50 bits per heavy atom. The van der Waals surface area contributed by atoms with Gasteiger partial charge in [0.15, 0.2) is 0 Å². The van der Waals surface area contributed by atoms with E-state index in [0.29, 0.717) is 18.9 Å². The van der Waals surface area contributed by atoms with E-state index in [1.165, 1.54) is 24.7 Å². The molecule has 0 radical (unpaired) electrons. The summed E-state index contributed by atoms with van der Waals surface area (Å²) in [5.74, 6) is 0.587. The summed E-state index contributed by atoms with van der Waals surface area (Å²) < 4.78 is 65.8. The molecule has 0 spiro atoms. The Balaban J connectivity index is 1.73. The van der Waals surface area contributed by atoms with Gasteiger partial charge in [0, 0.05) is 25.5 Å². The van der Waals surface area contributed by atoms with Gasteiger partial charge in [-0.3, -0.25) is 4.98 Å². The highest BCUT2D eigenvalue weighted by molar-refractivity contribution is 7.89. The normalized spacial score (nSPS) is 16.0. The van der Waals surface area contributed by atoms with Crippen LogP contribution in [-0.2, 0) is 16.2 Å². The Hall–Kier alpha value is -2.20. The topological polar surface area (TPSA) is 75.2 Å². The summed E-state index contributed by atoms with van der Waals surface area (Å²) in [6, 6.07) is 3.63. The molecule has 128 valence electrons. The first kappa shape index (κ1) is 16.7. The van der Waals surface area contributed by atoms with Gasteiger partial charge in [0.05, 0.1) is 22.7 Å². The summed E-state index contributed by atoms with van der Waals surface area (Å²) in [7, 11) is -4.27. The van der Waals surface area contributed by atoms with Crippen molar-refractivity contribution in [2.75, 3.05) is 18.0 Å². The van der Waals surface area contributed by atoms with E-state index in [0.717, 1.165) is 18.2 Å². The predicted octanol–water partition coefficient (Wildman–Crippen LogP) is 1.66. The highest BCUT2D eigenvalue weighted by Crippen LogP contribution is 2.34. The predicted molar refractivity (Wildman–Crippen MR) is 79.8 cm³/mol. The second-order valence-corrected chi connectivity index (χ2v) is 6.96. The van der Waals surface area contributed by atoms with Crippen molar-refractivity contribution >= 4 is 15.8 Å². The van der Waals surface area contributed by atoms with Crippen molar-refractivity contribution in [1.29, 1.82) is 0 Å². The number of hydrogen-bond donors (Lipinski definition) is 1. The van der Waals surface area contributed by atoms with Crippen LogP contribution in [0.1, 0.15) is 5.56 Å². The number of halogens is 3. The molecule has 0 amide bonds. The van der Waals surface area contributed by atoms with Gasteiger partial charge in [-0.1, -0.05) is 12.1 Å². The van der Waals surface area contributed by atoms with Gasteiger partial charge in [-0.15, -0.1) is 0 Å².